The average Bonchev–Trinajstić information content (AvgIpc) is 2.37. The fraction of sp³-hybridized carbons (Fsp3) is 0.312. The van der Waals surface area contributed by atoms with Crippen molar-refractivity contribution in [2.45, 2.75) is 33.7 Å². The lowest BCUT2D eigenvalue weighted by Gasteiger charge is -2.13. The van der Waals surface area contributed by atoms with E-state index in [0.29, 0.717) is 17.2 Å². The van der Waals surface area contributed by atoms with Crippen LogP contribution in [0.15, 0.2) is 30.3 Å². The number of hydrogen-bond acceptors (Lipinski definition) is 4. The first-order valence-electron chi connectivity index (χ1n) is 6.95. The molecule has 1 aromatic heterocycles. The summed E-state index contributed by atoms with van der Waals surface area (Å²) in [5.74, 6) is 0.384. The zero-order valence-electron chi connectivity index (χ0n) is 12.8. The molecule has 0 unspecified atom stereocenters. The molecule has 2 N–H and O–H groups in total. The van der Waals surface area contributed by atoms with E-state index in [-0.39, 0.29) is 11.9 Å². The molecule has 0 radical (unpaired) electrons. The minimum Gasteiger partial charge on any atom is -0.350 e. The smallest absolute Gasteiger partial charge is 0.253 e. The lowest BCUT2D eigenvalue weighted by Crippen LogP contribution is -2.30. The lowest BCUT2D eigenvalue weighted by atomic mass is 10.1. The normalized spacial score (nSPS) is 10.5. The molecule has 1 heterocycles. The van der Waals surface area contributed by atoms with Crippen molar-refractivity contribution in [3.63, 3.8) is 0 Å². The molecule has 2 aromatic rings. The van der Waals surface area contributed by atoms with E-state index in [1.807, 2.05) is 52.0 Å². The molecule has 0 aliphatic rings. The van der Waals surface area contributed by atoms with Gasteiger partial charge in [0.15, 0.2) is 0 Å². The Morgan fingerprint density at radius 1 is 1.10 bits per heavy atom. The Balaban J connectivity index is 2.30. The van der Waals surface area contributed by atoms with Crippen molar-refractivity contribution in [2.75, 3.05) is 5.32 Å². The minimum atomic E-state index is -0.113. The third-order valence-corrected chi connectivity index (χ3v) is 2.82. The van der Waals surface area contributed by atoms with Gasteiger partial charge in [-0.2, -0.15) is 0 Å². The molecule has 0 spiro atoms. The van der Waals surface area contributed by atoms with Crippen LogP contribution in [0.4, 0.5) is 11.6 Å². The Morgan fingerprint density at radius 2 is 1.71 bits per heavy atom. The summed E-state index contributed by atoms with van der Waals surface area (Å²) in [6, 6.07) is 9.32. The van der Waals surface area contributed by atoms with Gasteiger partial charge in [0, 0.05) is 17.4 Å². The molecule has 0 fully saturated rings. The Bertz CT molecular complexity index is 632. The first-order valence-corrected chi connectivity index (χ1v) is 6.95. The van der Waals surface area contributed by atoms with Gasteiger partial charge in [0.2, 0.25) is 5.95 Å². The summed E-state index contributed by atoms with van der Waals surface area (Å²) >= 11 is 0. The minimum absolute atomic E-state index is 0.0861. The number of benzene rings is 1. The van der Waals surface area contributed by atoms with Crippen LogP contribution in [0.1, 0.15) is 35.6 Å². The standard InChI is InChI=1S/C16H20N4O/c1-10(2)17-15(21)13-7-5-6-8-14(13)20-16-18-11(3)9-12(4)19-16/h5-10H,1-4H3,(H,17,21)(H,18,19,20). The maximum Gasteiger partial charge on any atom is 0.253 e. The van der Waals surface area contributed by atoms with Gasteiger partial charge in [-0.05, 0) is 45.9 Å². The molecule has 1 amide bonds. The molecule has 0 aliphatic heterocycles. The number of amides is 1. The van der Waals surface area contributed by atoms with Crippen LogP contribution >= 0.6 is 0 Å². The van der Waals surface area contributed by atoms with E-state index in [4.69, 9.17) is 0 Å². The summed E-state index contributed by atoms with van der Waals surface area (Å²) in [6.07, 6.45) is 0. The molecule has 21 heavy (non-hydrogen) atoms. The average molecular weight is 284 g/mol. The van der Waals surface area contributed by atoms with Crippen molar-refractivity contribution in [3.8, 4) is 0 Å². The first-order chi connectivity index (χ1) is 9.95. The third-order valence-electron chi connectivity index (χ3n) is 2.82. The number of aromatic nitrogens is 2. The zero-order chi connectivity index (χ0) is 15.4. The largest absolute Gasteiger partial charge is 0.350 e. The van der Waals surface area contributed by atoms with E-state index >= 15 is 0 Å². The summed E-state index contributed by atoms with van der Waals surface area (Å²) in [7, 11) is 0. The molecule has 2 rings (SSSR count). The van der Waals surface area contributed by atoms with Crippen molar-refractivity contribution in [2.24, 2.45) is 0 Å². The van der Waals surface area contributed by atoms with Gasteiger partial charge < -0.3 is 10.6 Å². The summed E-state index contributed by atoms with van der Waals surface area (Å²) in [5, 5.41) is 6.01. The van der Waals surface area contributed by atoms with Crippen molar-refractivity contribution in [3.05, 3.63) is 47.3 Å². The lowest BCUT2D eigenvalue weighted by molar-refractivity contribution is 0.0944. The van der Waals surface area contributed by atoms with Gasteiger partial charge >= 0.3 is 0 Å². The van der Waals surface area contributed by atoms with Gasteiger partial charge in [-0.15, -0.1) is 0 Å². The molecule has 1 aromatic carbocycles. The Labute approximate surface area is 124 Å². The number of para-hydroxylation sites is 1. The molecule has 5 nitrogen and oxygen atoms in total. The van der Waals surface area contributed by atoms with Gasteiger partial charge in [-0.3, -0.25) is 4.79 Å². The molecular weight excluding hydrogens is 264 g/mol. The molecule has 0 saturated heterocycles. The predicted octanol–water partition coefficient (Wildman–Crippen LogP) is 2.98. The maximum atomic E-state index is 12.2. The molecule has 0 atom stereocenters. The van der Waals surface area contributed by atoms with Crippen LogP contribution in [0.25, 0.3) is 0 Å². The van der Waals surface area contributed by atoms with Crippen LogP contribution in [0.3, 0.4) is 0 Å². The van der Waals surface area contributed by atoms with Gasteiger partial charge in [0.05, 0.1) is 11.3 Å². The highest BCUT2D eigenvalue weighted by molar-refractivity contribution is 6.00. The van der Waals surface area contributed by atoms with Gasteiger partial charge in [0.1, 0.15) is 0 Å². The van der Waals surface area contributed by atoms with E-state index < -0.39 is 0 Å². The fourth-order valence-corrected chi connectivity index (χ4v) is 2.03. The zero-order valence-corrected chi connectivity index (χ0v) is 12.8. The highest BCUT2D eigenvalue weighted by Gasteiger charge is 2.12. The number of carbonyl (C=O) groups is 1. The van der Waals surface area contributed by atoms with Crippen molar-refractivity contribution in [1.82, 2.24) is 15.3 Å². The Kier molecular flexibility index (Phi) is 4.52. The highest BCUT2D eigenvalue weighted by atomic mass is 16.1. The number of nitrogens with one attached hydrogen (secondary N) is 2. The fourth-order valence-electron chi connectivity index (χ4n) is 2.03. The summed E-state index contributed by atoms with van der Waals surface area (Å²) in [5.41, 5.74) is 3.04. The van der Waals surface area contributed by atoms with Gasteiger partial charge in [0.25, 0.3) is 5.91 Å². The van der Waals surface area contributed by atoms with Crippen LogP contribution in [-0.2, 0) is 0 Å². The SMILES string of the molecule is Cc1cc(C)nc(Nc2ccccc2C(=O)NC(C)C)n1. The molecule has 0 aliphatic carbocycles. The van der Waals surface area contributed by atoms with Crippen LogP contribution in [-0.4, -0.2) is 21.9 Å². The molecular formula is C16H20N4O. The van der Waals surface area contributed by atoms with Crippen LogP contribution < -0.4 is 10.6 Å². The topological polar surface area (TPSA) is 66.9 Å². The van der Waals surface area contributed by atoms with Crippen molar-refractivity contribution in [1.29, 1.82) is 0 Å². The van der Waals surface area contributed by atoms with Crippen LogP contribution in [0.2, 0.25) is 0 Å². The van der Waals surface area contributed by atoms with Crippen molar-refractivity contribution >= 4 is 17.5 Å². The van der Waals surface area contributed by atoms with E-state index in [1.165, 1.54) is 0 Å². The monoisotopic (exact) mass is 284 g/mol. The number of hydrogen-bond donors (Lipinski definition) is 2. The van der Waals surface area contributed by atoms with Crippen molar-refractivity contribution < 1.29 is 4.79 Å². The number of rotatable bonds is 4. The quantitative estimate of drug-likeness (QED) is 0.905. The number of anilines is 2. The summed E-state index contributed by atoms with van der Waals surface area (Å²) < 4.78 is 0. The maximum absolute atomic E-state index is 12.2. The van der Waals surface area contributed by atoms with E-state index in [1.54, 1.807) is 6.07 Å². The predicted molar refractivity (Wildman–Crippen MR) is 83.8 cm³/mol. The molecule has 0 saturated carbocycles. The number of carbonyl (C=O) groups excluding carboxylic acids is 1. The highest BCUT2D eigenvalue weighted by Crippen LogP contribution is 2.19. The van der Waals surface area contributed by atoms with E-state index in [0.717, 1.165) is 11.4 Å². The second-order valence-corrected chi connectivity index (χ2v) is 5.27. The second-order valence-electron chi connectivity index (χ2n) is 5.27. The van der Waals surface area contributed by atoms with Gasteiger partial charge in [-0.1, -0.05) is 12.1 Å². The van der Waals surface area contributed by atoms with Crippen LogP contribution in [0, 0.1) is 13.8 Å². The summed E-state index contributed by atoms with van der Waals surface area (Å²) in [6.45, 7) is 7.69. The third kappa shape index (κ3) is 4.02. The molecule has 5 heteroatoms. The van der Waals surface area contributed by atoms with E-state index in [2.05, 4.69) is 20.6 Å². The molecule has 0 bridgehead atoms. The van der Waals surface area contributed by atoms with Gasteiger partial charge in [-0.25, -0.2) is 9.97 Å². The number of aryl methyl sites for hydroxylation is 2. The molecule has 110 valence electrons. The summed E-state index contributed by atoms with van der Waals surface area (Å²) in [4.78, 5) is 20.9. The second kappa shape index (κ2) is 6.35. The Morgan fingerprint density at radius 3 is 2.33 bits per heavy atom. The van der Waals surface area contributed by atoms with Crippen LogP contribution in [0.5, 0.6) is 0 Å². The van der Waals surface area contributed by atoms with E-state index in [9.17, 15) is 4.79 Å². The Hall–Kier alpha value is -2.43. The first kappa shape index (κ1) is 15.0. The number of nitrogens with zero attached hydrogens (tertiary/aromatic N) is 2.